The maximum Gasteiger partial charge on any atom is 0.136 e. The Morgan fingerprint density at radius 3 is 2.44 bits per heavy atom. The zero-order chi connectivity index (χ0) is 17.8. The molecule has 0 aromatic heterocycles. The summed E-state index contributed by atoms with van der Waals surface area (Å²) in [7, 11) is 0. The van der Waals surface area contributed by atoms with Gasteiger partial charge in [-0.05, 0) is 98.7 Å². The fourth-order valence-corrected chi connectivity index (χ4v) is 8.18. The average Bonchev–Trinajstić information content (AvgIpc) is 2.93. The fourth-order valence-electron chi connectivity index (χ4n) is 8.18. The first-order valence-corrected chi connectivity index (χ1v) is 11.1. The Balaban J connectivity index is 1.57. The lowest BCUT2D eigenvalue weighted by Gasteiger charge is -2.60. The summed E-state index contributed by atoms with van der Waals surface area (Å²) in [5, 5.41) is 10.2. The Bertz CT molecular complexity index is 528. The van der Waals surface area contributed by atoms with Crippen LogP contribution in [0.2, 0.25) is 0 Å². The van der Waals surface area contributed by atoms with E-state index in [2.05, 4.69) is 20.8 Å². The lowest BCUT2D eigenvalue weighted by atomic mass is 9.44. The van der Waals surface area contributed by atoms with Crippen molar-refractivity contribution >= 4 is 5.78 Å². The molecule has 4 saturated carbocycles. The van der Waals surface area contributed by atoms with Crippen molar-refractivity contribution in [1.82, 2.24) is 0 Å². The molecule has 4 rings (SSSR count). The Morgan fingerprint density at radius 2 is 1.68 bits per heavy atom. The van der Waals surface area contributed by atoms with Crippen LogP contribution in [0.4, 0.5) is 0 Å². The van der Waals surface area contributed by atoms with Gasteiger partial charge in [-0.3, -0.25) is 4.79 Å². The van der Waals surface area contributed by atoms with E-state index >= 15 is 0 Å². The summed E-state index contributed by atoms with van der Waals surface area (Å²) >= 11 is 0. The van der Waals surface area contributed by atoms with Crippen molar-refractivity contribution in [3.63, 3.8) is 0 Å². The van der Waals surface area contributed by atoms with E-state index in [0.29, 0.717) is 17.1 Å². The Hall–Kier alpha value is -0.370. The predicted molar refractivity (Wildman–Crippen MR) is 101 cm³/mol. The Kier molecular flexibility index (Phi) is 4.58. The van der Waals surface area contributed by atoms with Gasteiger partial charge in [0.2, 0.25) is 0 Å². The maximum atomic E-state index is 12.8. The number of hydrogen-bond donors (Lipinski definition) is 1. The van der Waals surface area contributed by atoms with Crippen LogP contribution in [0.1, 0.15) is 91.4 Å². The van der Waals surface area contributed by atoms with Crippen LogP contribution in [0.25, 0.3) is 0 Å². The second-order valence-electron chi connectivity index (χ2n) is 10.5. The van der Waals surface area contributed by atoms with E-state index < -0.39 is 0 Å². The van der Waals surface area contributed by atoms with Crippen molar-refractivity contribution in [2.24, 2.45) is 40.4 Å². The third-order valence-electron chi connectivity index (χ3n) is 9.52. The van der Waals surface area contributed by atoms with Crippen LogP contribution < -0.4 is 0 Å². The van der Waals surface area contributed by atoms with Gasteiger partial charge in [0.15, 0.2) is 0 Å². The summed E-state index contributed by atoms with van der Waals surface area (Å²) in [6, 6.07) is 0. The SMILES string of the molecule is CCCC(=O)[C@H]1CC[C@H]2[C@@H]3CC[C@H]4C[C@@H](O)CC[C@]4(C)[C@H]3CC[C@]12C. The highest BCUT2D eigenvalue weighted by Crippen LogP contribution is 2.67. The predicted octanol–water partition coefficient (Wildman–Crippen LogP) is 5.38. The molecule has 0 radical (unpaired) electrons. The highest BCUT2D eigenvalue weighted by Gasteiger charge is 2.60. The molecule has 8 atom stereocenters. The minimum Gasteiger partial charge on any atom is -0.393 e. The molecule has 0 unspecified atom stereocenters. The molecule has 4 aliphatic carbocycles. The number of rotatable bonds is 3. The third-order valence-corrected chi connectivity index (χ3v) is 9.52. The molecule has 0 spiro atoms. The van der Waals surface area contributed by atoms with Gasteiger partial charge in [0.1, 0.15) is 5.78 Å². The monoisotopic (exact) mass is 346 g/mol. The number of Topliss-reactive ketones (excluding diaryl/α,β-unsaturated/α-hetero) is 1. The van der Waals surface area contributed by atoms with Crippen molar-refractivity contribution in [1.29, 1.82) is 0 Å². The lowest BCUT2D eigenvalue weighted by molar-refractivity contribution is -0.139. The standard InChI is InChI=1S/C23H38O2/c1-4-5-21(25)20-9-8-18-17-7-6-15-14-16(24)10-12-22(15,2)19(17)11-13-23(18,20)3/h15-20,24H,4-14H2,1-3H3/t15-,16-,17-,18-,19-,20+,22-,23-/m0/s1. The van der Waals surface area contributed by atoms with E-state index in [-0.39, 0.29) is 11.5 Å². The van der Waals surface area contributed by atoms with Crippen molar-refractivity contribution in [3.05, 3.63) is 0 Å². The molecule has 0 aromatic carbocycles. The molecule has 0 aliphatic heterocycles. The lowest BCUT2D eigenvalue weighted by Crippen LogP contribution is -2.54. The zero-order valence-corrected chi connectivity index (χ0v) is 16.6. The quantitative estimate of drug-likeness (QED) is 0.745. The minimum absolute atomic E-state index is 0.0500. The van der Waals surface area contributed by atoms with Gasteiger partial charge < -0.3 is 5.11 Å². The van der Waals surface area contributed by atoms with Gasteiger partial charge in [-0.25, -0.2) is 0 Å². The first kappa shape index (κ1) is 18.0. The number of aliphatic hydroxyl groups excluding tert-OH is 1. The molecule has 1 N–H and O–H groups in total. The van der Waals surface area contributed by atoms with Crippen LogP contribution in [0, 0.1) is 40.4 Å². The molecule has 0 bridgehead atoms. The molecule has 25 heavy (non-hydrogen) atoms. The van der Waals surface area contributed by atoms with E-state index in [0.717, 1.165) is 55.8 Å². The first-order valence-electron chi connectivity index (χ1n) is 11.1. The van der Waals surface area contributed by atoms with Gasteiger partial charge in [-0.2, -0.15) is 0 Å². The second-order valence-corrected chi connectivity index (χ2v) is 10.5. The summed E-state index contributed by atoms with van der Waals surface area (Å²) < 4.78 is 0. The molecule has 0 heterocycles. The Labute approximate surface area is 154 Å². The molecule has 2 heteroatoms. The van der Waals surface area contributed by atoms with Crippen LogP contribution in [0.15, 0.2) is 0 Å². The van der Waals surface area contributed by atoms with E-state index in [1.165, 1.54) is 38.5 Å². The van der Waals surface area contributed by atoms with Crippen molar-refractivity contribution in [2.75, 3.05) is 0 Å². The minimum atomic E-state index is -0.0500. The van der Waals surface area contributed by atoms with Crippen LogP contribution in [-0.2, 0) is 4.79 Å². The van der Waals surface area contributed by atoms with E-state index in [9.17, 15) is 9.90 Å². The molecule has 2 nitrogen and oxygen atoms in total. The van der Waals surface area contributed by atoms with Gasteiger partial charge in [0.05, 0.1) is 6.10 Å². The topological polar surface area (TPSA) is 37.3 Å². The van der Waals surface area contributed by atoms with Crippen LogP contribution >= 0.6 is 0 Å². The molecule has 0 amide bonds. The highest BCUT2D eigenvalue weighted by atomic mass is 16.3. The first-order chi connectivity index (χ1) is 11.9. The van der Waals surface area contributed by atoms with Crippen LogP contribution in [-0.4, -0.2) is 17.0 Å². The molecular formula is C23H38O2. The number of hydrogen-bond acceptors (Lipinski definition) is 2. The summed E-state index contributed by atoms with van der Waals surface area (Å²) in [4.78, 5) is 12.8. The number of aliphatic hydroxyl groups is 1. The molecule has 142 valence electrons. The van der Waals surface area contributed by atoms with E-state index in [4.69, 9.17) is 0 Å². The third kappa shape index (κ3) is 2.65. The van der Waals surface area contributed by atoms with Crippen molar-refractivity contribution in [3.8, 4) is 0 Å². The normalized spacial score (nSPS) is 52.2. The smallest absolute Gasteiger partial charge is 0.136 e. The molecule has 0 saturated heterocycles. The molecule has 4 aliphatic rings. The van der Waals surface area contributed by atoms with E-state index in [1.807, 2.05) is 0 Å². The summed E-state index contributed by atoms with van der Waals surface area (Å²) in [5.74, 6) is 4.11. The van der Waals surface area contributed by atoms with Gasteiger partial charge in [0, 0.05) is 12.3 Å². The Morgan fingerprint density at radius 1 is 0.960 bits per heavy atom. The van der Waals surface area contributed by atoms with Gasteiger partial charge >= 0.3 is 0 Å². The second kappa shape index (κ2) is 6.36. The number of carbonyl (C=O) groups is 1. The molecular weight excluding hydrogens is 308 g/mol. The molecule has 0 aromatic rings. The maximum absolute atomic E-state index is 12.8. The largest absolute Gasteiger partial charge is 0.393 e. The van der Waals surface area contributed by atoms with Crippen LogP contribution in [0.3, 0.4) is 0 Å². The average molecular weight is 347 g/mol. The molecule has 4 fully saturated rings. The highest BCUT2D eigenvalue weighted by molar-refractivity contribution is 5.82. The van der Waals surface area contributed by atoms with Crippen molar-refractivity contribution in [2.45, 2.75) is 97.5 Å². The summed E-state index contributed by atoms with van der Waals surface area (Å²) in [5.41, 5.74) is 0.736. The number of ketones is 1. The van der Waals surface area contributed by atoms with Gasteiger partial charge in [-0.15, -0.1) is 0 Å². The van der Waals surface area contributed by atoms with E-state index in [1.54, 1.807) is 0 Å². The zero-order valence-electron chi connectivity index (χ0n) is 16.6. The van der Waals surface area contributed by atoms with Gasteiger partial charge in [0.25, 0.3) is 0 Å². The number of carbonyl (C=O) groups excluding carboxylic acids is 1. The number of fused-ring (bicyclic) bond motifs is 5. The summed E-state index contributed by atoms with van der Waals surface area (Å²) in [6.45, 7) is 7.17. The summed E-state index contributed by atoms with van der Waals surface area (Å²) in [6.07, 6.45) is 12.7. The van der Waals surface area contributed by atoms with Crippen LogP contribution in [0.5, 0.6) is 0 Å². The fraction of sp³-hybridized carbons (Fsp3) is 0.957. The van der Waals surface area contributed by atoms with Gasteiger partial charge in [-0.1, -0.05) is 20.8 Å². The van der Waals surface area contributed by atoms with Crippen molar-refractivity contribution < 1.29 is 9.90 Å².